The Labute approximate surface area is 213 Å². The van der Waals surface area contributed by atoms with Gasteiger partial charge in [0.05, 0.1) is 31.1 Å². The number of nitrogens with one attached hydrogen (secondary N) is 1. The highest BCUT2D eigenvalue weighted by Crippen LogP contribution is 2.29. The maximum atomic E-state index is 13.3. The molecule has 2 N–H and O–H groups in total. The summed E-state index contributed by atoms with van der Waals surface area (Å²) in [5, 5.41) is 13.6. The molecule has 0 aromatic carbocycles. The van der Waals surface area contributed by atoms with E-state index >= 15 is 0 Å². The van der Waals surface area contributed by atoms with Crippen LogP contribution in [0.2, 0.25) is 0 Å². The van der Waals surface area contributed by atoms with Gasteiger partial charge in [-0.15, -0.1) is 0 Å². The van der Waals surface area contributed by atoms with Gasteiger partial charge >= 0.3 is 0 Å². The highest BCUT2D eigenvalue weighted by atomic mass is 16.5. The van der Waals surface area contributed by atoms with E-state index in [4.69, 9.17) is 14.2 Å². The molecule has 5 atom stereocenters. The molecule has 1 heterocycles. The fraction of sp³-hybridized carbons (Fsp3) is 0.536. The first-order valence-electron chi connectivity index (χ1n) is 12.2. The van der Waals surface area contributed by atoms with Crippen LogP contribution in [-0.4, -0.2) is 62.2 Å². The molecule has 0 radical (unpaired) electrons. The second-order valence-electron chi connectivity index (χ2n) is 9.61. The molecular formula is C28H39NO7. The Morgan fingerprint density at radius 2 is 1.72 bits per heavy atom. The number of amides is 1. The summed E-state index contributed by atoms with van der Waals surface area (Å²) in [5.74, 6) is -1.77. The lowest BCUT2D eigenvalue weighted by molar-refractivity contribution is -0.120. The second-order valence-corrected chi connectivity index (χ2v) is 9.61. The van der Waals surface area contributed by atoms with E-state index in [1.807, 2.05) is 32.9 Å². The van der Waals surface area contributed by atoms with Crippen LogP contribution in [0, 0.1) is 11.8 Å². The number of aliphatic hydroxyl groups excluding tert-OH is 1. The van der Waals surface area contributed by atoms with E-state index in [2.05, 4.69) is 5.32 Å². The van der Waals surface area contributed by atoms with Gasteiger partial charge in [-0.25, -0.2) is 0 Å². The number of carbonyl (C=O) groups excluding carboxylic acids is 3. The van der Waals surface area contributed by atoms with Crippen LogP contribution in [-0.2, 0) is 28.6 Å². The summed E-state index contributed by atoms with van der Waals surface area (Å²) in [4.78, 5) is 38.7. The van der Waals surface area contributed by atoms with Crippen LogP contribution >= 0.6 is 0 Å². The molecule has 36 heavy (non-hydrogen) atoms. The van der Waals surface area contributed by atoms with Gasteiger partial charge < -0.3 is 24.6 Å². The third-order valence-electron chi connectivity index (χ3n) is 6.56. The molecule has 0 saturated heterocycles. The molecule has 198 valence electrons. The van der Waals surface area contributed by atoms with Gasteiger partial charge in [0.25, 0.3) is 5.91 Å². The van der Waals surface area contributed by atoms with E-state index in [1.165, 1.54) is 7.11 Å². The minimum atomic E-state index is -0.772. The average molecular weight is 502 g/mol. The van der Waals surface area contributed by atoms with Gasteiger partial charge in [0.2, 0.25) is 11.6 Å². The van der Waals surface area contributed by atoms with Crippen molar-refractivity contribution in [3.8, 4) is 0 Å². The van der Waals surface area contributed by atoms with Crippen molar-refractivity contribution in [2.24, 2.45) is 11.8 Å². The first-order chi connectivity index (χ1) is 17.0. The third kappa shape index (κ3) is 7.59. The van der Waals surface area contributed by atoms with Gasteiger partial charge in [0.15, 0.2) is 5.76 Å². The molecule has 0 unspecified atom stereocenters. The largest absolute Gasteiger partial charge is 0.492 e. The molecule has 0 saturated carbocycles. The quantitative estimate of drug-likeness (QED) is 0.451. The zero-order valence-electron chi connectivity index (χ0n) is 22.3. The van der Waals surface area contributed by atoms with Crippen LogP contribution in [0.3, 0.4) is 0 Å². The van der Waals surface area contributed by atoms with Crippen molar-refractivity contribution in [1.29, 1.82) is 0 Å². The van der Waals surface area contributed by atoms with Crippen molar-refractivity contribution in [2.75, 3.05) is 21.3 Å². The Bertz CT molecular complexity index is 1000. The number of methoxy groups -OCH3 is 3. The van der Waals surface area contributed by atoms with Crippen molar-refractivity contribution >= 4 is 17.5 Å². The number of fused-ring (bicyclic) bond motifs is 2. The maximum absolute atomic E-state index is 13.3. The third-order valence-corrected chi connectivity index (χ3v) is 6.56. The molecule has 0 spiro atoms. The molecule has 8 nitrogen and oxygen atoms in total. The van der Waals surface area contributed by atoms with Gasteiger partial charge in [0, 0.05) is 37.4 Å². The van der Waals surface area contributed by atoms with Crippen molar-refractivity contribution in [3.05, 3.63) is 58.6 Å². The Morgan fingerprint density at radius 3 is 2.33 bits per heavy atom. The Hall–Kier alpha value is -2.81. The lowest BCUT2D eigenvalue weighted by Gasteiger charge is -2.29. The van der Waals surface area contributed by atoms with Gasteiger partial charge in [-0.2, -0.15) is 0 Å². The summed E-state index contributed by atoms with van der Waals surface area (Å²) in [7, 11) is 4.50. The average Bonchev–Trinajstić information content (AvgIpc) is 2.83. The molecular weight excluding hydrogens is 462 g/mol. The Kier molecular flexibility index (Phi) is 11.0. The van der Waals surface area contributed by atoms with Crippen LogP contribution < -0.4 is 5.32 Å². The van der Waals surface area contributed by atoms with Gasteiger partial charge in [0.1, 0.15) is 0 Å². The van der Waals surface area contributed by atoms with Crippen LogP contribution in [0.4, 0.5) is 0 Å². The fourth-order valence-corrected chi connectivity index (χ4v) is 4.50. The van der Waals surface area contributed by atoms with Gasteiger partial charge in [-0.3, -0.25) is 14.4 Å². The standard InChI is InChI=1S/C28H39NO7/c1-16-11-19(4)25(31)24(35-6)14-17(2)13-21-26(32)22(15-23(30)27(21)36-7)29-28(33)18(3)9-8-10-20(12-16)34-5/h8-11,15,17,19-20,24-25,31H,12-14H2,1-7H3,(H,29,33)/b10-8-,16-11+,18-9+/t17-,19+,20-,24+,25-/m1/s1. The zero-order valence-corrected chi connectivity index (χ0v) is 22.3. The minimum Gasteiger partial charge on any atom is -0.492 e. The van der Waals surface area contributed by atoms with Crippen molar-refractivity contribution in [3.63, 3.8) is 0 Å². The lowest BCUT2D eigenvalue weighted by Crippen LogP contribution is -2.35. The molecule has 1 aliphatic carbocycles. The van der Waals surface area contributed by atoms with Crippen molar-refractivity contribution < 1.29 is 33.7 Å². The molecule has 8 heteroatoms. The highest BCUT2D eigenvalue weighted by Gasteiger charge is 2.33. The number of carbonyl (C=O) groups is 3. The van der Waals surface area contributed by atoms with Crippen LogP contribution in [0.5, 0.6) is 0 Å². The first kappa shape index (κ1) is 29.4. The van der Waals surface area contributed by atoms with Crippen LogP contribution in [0.15, 0.2) is 58.6 Å². The highest BCUT2D eigenvalue weighted by molar-refractivity contribution is 6.23. The predicted octanol–water partition coefficient (Wildman–Crippen LogP) is 3.33. The Morgan fingerprint density at radius 1 is 1.03 bits per heavy atom. The van der Waals surface area contributed by atoms with E-state index in [0.29, 0.717) is 18.4 Å². The molecule has 0 aromatic heterocycles. The van der Waals surface area contributed by atoms with Gasteiger partial charge in [-0.05, 0) is 39.0 Å². The number of hydrogen-bond acceptors (Lipinski definition) is 7. The topological polar surface area (TPSA) is 111 Å². The van der Waals surface area contributed by atoms with Gasteiger partial charge in [-0.1, -0.05) is 43.7 Å². The SMILES string of the molecule is COC1=C2C[C@@H](C)C[C@H](OC)[C@H](O)[C@@H](C)/C=C(\C)C[C@H](OC)/C=C\C=C(/C)C(=O)NC(=CC1=O)C2=O. The number of hydrogen-bond donors (Lipinski definition) is 2. The summed E-state index contributed by atoms with van der Waals surface area (Å²) < 4.78 is 16.4. The van der Waals surface area contributed by atoms with E-state index in [9.17, 15) is 19.5 Å². The minimum absolute atomic E-state index is 0.0296. The van der Waals surface area contributed by atoms with Crippen LogP contribution in [0.1, 0.15) is 47.0 Å². The number of ketones is 2. The smallest absolute Gasteiger partial charge is 0.251 e. The number of aliphatic hydroxyl groups is 1. The monoisotopic (exact) mass is 501 g/mol. The molecule has 2 bridgehead atoms. The molecule has 2 rings (SSSR count). The molecule has 2 aliphatic rings. The fourth-order valence-electron chi connectivity index (χ4n) is 4.50. The second kappa shape index (κ2) is 13.5. The van der Waals surface area contributed by atoms with Crippen molar-refractivity contribution in [1.82, 2.24) is 5.32 Å². The summed E-state index contributed by atoms with van der Waals surface area (Å²) in [6.45, 7) is 7.46. The molecule has 0 aromatic rings. The number of Topliss-reactive ketones (excluding diaryl/α,β-unsaturated/α-hetero) is 1. The number of rotatable bonds is 3. The summed E-state index contributed by atoms with van der Waals surface area (Å²) in [6.07, 6.45) is 8.11. The molecule has 0 fully saturated rings. The Balaban J connectivity index is 2.49. The first-order valence-corrected chi connectivity index (χ1v) is 12.2. The predicted molar refractivity (Wildman–Crippen MR) is 137 cm³/mol. The summed E-state index contributed by atoms with van der Waals surface area (Å²) in [5.41, 5.74) is 1.53. The lowest BCUT2D eigenvalue weighted by atomic mass is 9.85. The van der Waals surface area contributed by atoms with E-state index in [0.717, 1.165) is 11.6 Å². The molecule has 1 aliphatic heterocycles. The van der Waals surface area contributed by atoms with E-state index in [1.54, 1.807) is 33.3 Å². The normalized spacial score (nSPS) is 33.2. The molecule has 1 amide bonds. The van der Waals surface area contributed by atoms with E-state index < -0.39 is 29.7 Å². The maximum Gasteiger partial charge on any atom is 0.251 e. The van der Waals surface area contributed by atoms with Crippen LogP contribution in [0.25, 0.3) is 0 Å². The van der Waals surface area contributed by atoms with Crippen molar-refractivity contribution in [2.45, 2.75) is 65.3 Å². The number of allylic oxidation sites excluding steroid dienone is 4. The number of ether oxygens (including phenoxy) is 3. The zero-order chi connectivity index (χ0) is 27.0. The van der Waals surface area contributed by atoms with E-state index in [-0.39, 0.29) is 41.4 Å². The summed E-state index contributed by atoms with van der Waals surface area (Å²) >= 11 is 0. The summed E-state index contributed by atoms with van der Waals surface area (Å²) in [6, 6.07) is 0.